The van der Waals surface area contributed by atoms with Crippen molar-refractivity contribution in [1.29, 1.82) is 0 Å². The number of nitrogens with one attached hydrogen (secondary N) is 1. The Bertz CT molecular complexity index is 397. The number of rotatable bonds is 2. The maximum Gasteiger partial charge on any atom is 0.145 e. The van der Waals surface area contributed by atoms with Gasteiger partial charge in [-0.1, -0.05) is 37.9 Å². The van der Waals surface area contributed by atoms with Gasteiger partial charge in [0.15, 0.2) is 0 Å². The van der Waals surface area contributed by atoms with Crippen LogP contribution in [0.3, 0.4) is 0 Å². The highest BCUT2D eigenvalue weighted by Gasteiger charge is 2.19. The molecule has 1 aromatic rings. The number of halogens is 2. The Hall–Kier alpha value is -0.600. The van der Waals surface area contributed by atoms with Crippen molar-refractivity contribution in [3.63, 3.8) is 0 Å². The monoisotopic (exact) mass is 255 g/mol. The highest BCUT2D eigenvalue weighted by atomic mass is 35.5. The Balaban J connectivity index is 2.34. The van der Waals surface area contributed by atoms with Crippen LogP contribution in [0.15, 0.2) is 12.1 Å². The normalized spacial score (nSPS) is 20.9. The molecular formula is C14H19ClFN. The predicted octanol–water partition coefficient (Wildman–Crippen LogP) is 4.42. The first-order chi connectivity index (χ1) is 8.09. The predicted molar refractivity (Wildman–Crippen MR) is 70.1 cm³/mol. The molecule has 1 unspecified atom stereocenters. The maximum absolute atomic E-state index is 13.8. The lowest BCUT2D eigenvalue weighted by Crippen LogP contribution is -2.27. The van der Waals surface area contributed by atoms with Crippen LogP contribution in [0.5, 0.6) is 0 Å². The third kappa shape index (κ3) is 2.80. The van der Waals surface area contributed by atoms with Gasteiger partial charge >= 0.3 is 0 Å². The molecule has 1 heterocycles. The molecule has 1 nitrogen and oxygen atoms in total. The lowest BCUT2D eigenvalue weighted by molar-refractivity contribution is 0.411. The van der Waals surface area contributed by atoms with E-state index in [1.807, 2.05) is 19.9 Å². The van der Waals surface area contributed by atoms with Gasteiger partial charge in [-0.15, -0.1) is 0 Å². The van der Waals surface area contributed by atoms with Crippen molar-refractivity contribution in [1.82, 2.24) is 5.32 Å². The summed E-state index contributed by atoms with van der Waals surface area (Å²) in [5, 5.41) is 3.72. The quantitative estimate of drug-likeness (QED) is 0.825. The van der Waals surface area contributed by atoms with E-state index in [9.17, 15) is 4.39 Å². The Morgan fingerprint density at radius 1 is 1.35 bits per heavy atom. The summed E-state index contributed by atoms with van der Waals surface area (Å²) in [7, 11) is 0. The van der Waals surface area contributed by atoms with Crippen LogP contribution in [-0.4, -0.2) is 6.54 Å². The number of benzene rings is 1. The third-order valence-electron chi connectivity index (χ3n) is 3.41. The fraction of sp³-hybridized carbons (Fsp3) is 0.571. The van der Waals surface area contributed by atoms with E-state index in [-0.39, 0.29) is 16.8 Å². The molecule has 94 valence electrons. The van der Waals surface area contributed by atoms with Crippen LogP contribution in [0.25, 0.3) is 0 Å². The minimum atomic E-state index is -0.263. The van der Waals surface area contributed by atoms with Gasteiger partial charge in [-0.25, -0.2) is 4.39 Å². The molecule has 0 amide bonds. The Morgan fingerprint density at radius 3 is 2.71 bits per heavy atom. The summed E-state index contributed by atoms with van der Waals surface area (Å²) in [4.78, 5) is 0. The van der Waals surface area contributed by atoms with Crippen molar-refractivity contribution in [2.24, 2.45) is 0 Å². The summed E-state index contributed by atoms with van der Waals surface area (Å²) in [5.41, 5.74) is 1.85. The lowest BCUT2D eigenvalue weighted by atomic mass is 9.93. The summed E-state index contributed by atoms with van der Waals surface area (Å²) >= 11 is 5.98. The smallest absolute Gasteiger partial charge is 0.145 e. The molecule has 1 aliphatic rings. The van der Waals surface area contributed by atoms with E-state index in [0.29, 0.717) is 6.04 Å². The largest absolute Gasteiger partial charge is 0.310 e. The zero-order chi connectivity index (χ0) is 12.4. The van der Waals surface area contributed by atoms with E-state index in [2.05, 4.69) is 5.32 Å². The van der Waals surface area contributed by atoms with Crippen molar-refractivity contribution in [2.75, 3.05) is 6.54 Å². The first-order valence-corrected chi connectivity index (χ1v) is 6.69. The highest BCUT2D eigenvalue weighted by Crippen LogP contribution is 2.31. The topological polar surface area (TPSA) is 12.0 Å². The van der Waals surface area contributed by atoms with E-state index in [0.717, 1.165) is 24.1 Å². The minimum Gasteiger partial charge on any atom is -0.310 e. The second kappa shape index (κ2) is 5.36. The highest BCUT2D eigenvalue weighted by molar-refractivity contribution is 6.30. The van der Waals surface area contributed by atoms with Crippen molar-refractivity contribution < 1.29 is 4.39 Å². The van der Waals surface area contributed by atoms with Gasteiger partial charge < -0.3 is 5.32 Å². The zero-order valence-electron chi connectivity index (χ0n) is 10.4. The minimum absolute atomic E-state index is 0.163. The fourth-order valence-corrected chi connectivity index (χ4v) is 2.62. The lowest BCUT2D eigenvalue weighted by Gasteiger charge is -2.25. The van der Waals surface area contributed by atoms with Gasteiger partial charge in [-0.05, 0) is 42.5 Å². The Kier molecular flexibility index (Phi) is 4.05. The van der Waals surface area contributed by atoms with Crippen LogP contribution in [0.1, 0.15) is 56.2 Å². The molecule has 1 saturated heterocycles. The van der Waals surface area contributed by atoms with E-state index >= 15 is 0 Å². The summed E-state index contributed by atoms with van der Waals surface area (Å²) < 4.78 is 13.8. The third-order valence-corrected chi connectivity index (χ3v) is 3.69. The molecule has 0 spiro atoms. The van der Waals surface area contributed by atoms with Crippen molar-refractivity contribution in [2.45, 2.75) is 45.1 Å². The molecule has 3 heteroatoms. The molecule has 0 radical (unpaired) electrons. The van der Waals surface area contributed by atoms with Gasteiger partial charge in [0, 0.05) is 6.04 Å². The van der Waals surface area contributed by atoms with Crippen molar-refractivity contribution in [3.05, 3.63) is 34.1 Å². The van der Waals surface area contributed by atoms with Crippen LogP contribution in [0, 0.1) is 5.82 Å². The van der Waals surface area contributed by atoms with Gasteiger partial charge in [0.2, 0.25) is 0 Å². The van der Waals surface area contributed by atoms with E-state index in [1.165, 1.54) is 12.8 Å². The van der Waals surface area contributed by atoms with Gasteiger partial charge in [0.05, 0.1) is 5.02 Å². The first kappa shape index (κ1) is 12.8. The summed E-state index contributed by atoms with van der Waals surface area (Å²) in [6, 6.07) is 4.07. The van der Waals surface area contributed by atoms with Gasteiger partial charge in [-0.3, -0.25) is 0 Å². The Labute approximate surface area is 107 Å². The van der Waals surface area contributed by atoms with Crippen LogP contribution < -0.4 is 5.32 Å². The average molecular weight is 256 g/mol. The molecular weight excluding hydrogens is 237 g/mol. The number of hydrogen-bond acceptors (Lipinski definition) is 1. The van der Waals surface area contributed by atoms with Gasteiger partial charge in [0.25, 0.3) is 0 Å². The second-order valence-electron chi connectivity index (χ2n) is 5.06. The van der Waals surface area contributed by atoms with Crippen LogP contribution >= 0.6 is 11.6 Å². The summed E-state index contributed by atoms with van der Waals surface area (Å²) in [6.07, 6.45) is 3.56. The molecule has 1 fully saturated rings. The van der Waals surface area contributed by atoms with Crippen LogP contribution in [0.4, 0.5) is 4.39 Å². The van der Waals surface area contributed by atoms with E-state index in [4.69, 9.17) is 11.6 Å². The van der Waals surface area contributed by atoms with Gasteiger partial charge in [0.1, 0.15) is 5.82 Å². The van der Waals surface area contributed by atoms with Gasteiger partial charge in [-0.2, -0.15) is 0 Å². The first-order valence-electron chi connectivity index (χ1n) is 6.32. The standard InChI is InChI=1S/C14H19ClFN/c1-9(2)11-7-10(8-12(15)14(11)16)13-5-3-4-6-17-13/h7-9,13,17H,3-6H2,1-2H3. The molecule has 1 atom stereocenters. The molecule has 1 aromatic carbocycles. The van der Waals surface area contributed by atoms with Crippen LogP contribution in [0.2, 0.25) is 5.02 Å². The summed E-state index contributed by atoms with van der Waals surface area (Å²) in [5.74, 6) is -0.0998. The van der Waals surface area contributed by atoms with Crippen molar-refractivity contribution >= 4 is 11.6 Å². The average Bonchev–Trinajstić information content (AvgIpc) is 2.33. The molecule has 0 aromatic heterocycles. The SMILES string of the molecule is CC(C)c1cc(C2CCCCN2)cc(Cl)c1F. The van der Waals surface area contributed by atoms with E-state index in [1.54, 1.807) is 6.07 Å². The van der Waals surface area contributed by atoms with Crippen LogP contribution in [-0.2, 0) is 0 Å². The summed E-state index contributed by atoms with van der Waals surface area (Å²) in [6.45, 7) is 5.02. The van der Waals surface area contributed by atoms with Crippen molar-refractivity contribution in [3.8, 4) is 0 Å². The molecule has 2 rings (SSSR count). The second-order valence-corrected chi connectivity index (χ2v) is 5.47. The Morgan fingerprint density at radius 2 is 2.12 bits per heavy atom. The zero-order valence-corrected chi connectivity index (χ0v) is 11.1. The fourth-order valence-electron chi connectivity index (χ4n) is 2.39. The molecule has 0 bridgehead atoms. The molecule has 0 saturated carbocycles. The molecule has 1 aliphatic heterocycles. The number of piperidine rings is 1. The van der Waals surface area contributed by atoms with E-state index < -0.39 is 0 Å². The molecule has 17 heavy (non-hydrogen) atoms. The molecule has 0 aliphatic carbocycles. The maximum atomic E-state index is 13.8. The number of hydrogen-bond donors (Lipinski definition) is 1. The molecule has 1 N–H and O–H groups in total.